The van der Waals surface area contributed by atoms with Crippen molar-refractivity contribution in [2.45, 2.75) is 24.7 Å². The molecule has 1 saturated heterocycles. The predicted molar refractivity (Wildman–Crippen MR) is 86.6 cm³/mol. The number of ether oxygens (including phenoxy) is 1. The highest BCUT2D eigenvalue weighted by atomic mass is 32.2. The molecular formula is C16H22N2O3S. The molecule has 0 atom stereocenters. The lowest BCUT2D eigenvalue weighted by Gasteiger charge is -2.34. The zero-order valence-corrected chi connectivity index (χ0v) is 13.6. The van der Waals surface area contributed by atoms with E-state index in [0.29, 0.717) is 38.4 Å². The molecule has 0 saturated carbocycles. The molecule has 1 fully saturated rings. The Morgan fingerprint density at radius 3 is 2.64 bits per heavy atom. The van der Waals surface area contributed by atoms with E-state index < -0.39 is 5.41 Å². The number of nitrogens with two attached hydrogens (primary N) is 1. The van der Waals surface area contributed by atoms with E-state index in [4.69, 9.17) is 10.5 Å². The average Bonchev–Trinajstić information content (AvgIpc) is 2.53. The number of hydrogen-bond donors (Lipinski definition) is 2. The molecule has 3 N–H and O–H groups in total. The highest BCUT2D eigenvalue weighted by Gasteiger charge is 2.38. The zero-order valence-electron chi connectivity index (χ0n) is 12.8. The van der Waals surface area contributed by atoms with Gasteiger partial charge in [-0.1, -0.05) is 18.2 Å². The second kappa shape index (κ2) is 7.65. The van der Waals surface area contributed by atoms with Crippen molar-refractivity contribution < 1.29 is 14.3 Å². The summed E-state index contributed by atoms with van der Waals surface area (Å²) in [5.41, 5.74) is 6.01. The predicted octanol–water partition coefficient (Wildman–Crippen LogP) is 1.49. The van der Waals surface area contributed by atoms with Gasteiger partial charge in [-0.3, -0.25) is 9.59 Å². The van der Waals surface area contributed by atoms with Crippen LogP contribution in [0.1, 0.15) is 18.4 Å². The highest BCUT2D eigenvalue weighted by molar-refractivity contribution is 8.00. The van der Waals surface area contributed by atoms with Crippen LogP contribution in [0.15, 0.2) is 29.2 Å². The molecule has 0 spiro atoms. The Hall–Kier alpha value is -1.53. The van der Waals surface area contributed by atoms with Crippen molar-refractivity contribution >= 4 is 23.6 Å². The van der Waals surface area contributed by atoms with Crippen LogP contribution in [0.3, 0.4) is 0 Å². The van der Waals surface area contributed by atoms with Crippen molar-refractivity contribution in [2.24, 2.45) is 11.1 Å². The van der Waals surface area contributed by atoms with Gasteiger partial charge in [-0.05, 0) is 31.4 Å². The van der Waals surface area contributed by atoms with E-state index in [1.54, 1.807) is 0 Å². The Morgan fingerprint density at radius 1 is 1.32 bits per heavy atom. The highest BCUT2D eigenvalue weighted by Crippen LogP contribution is 2.29. The van der Waals surface area contributed by atoms with E-state index in [2.05, 4.69) is 5.32 Å². The van der Waals surface area contributed by atoms with Crippen molar-refractivity contribution in [3.63, 3.8) is 0 Å². The first-order valence-corrected chi connectivity index (χ1v) is 8.35. The van der Waals surface area contributed by atoms with Crippen LogP contribution in [0.5, 0.6) is 0 Å². The molecular weight excluding hydrogens is 300 g/mol. The first-order valence-electron chi connectivity index (χ1n) is 7.36. The second-order valence-corrected chi connectivity index (χ2v) is 6.61. The third kappa shape index (κ3) is 4.24. The molecule has 1 aliphatic heterocycles. The average molecular weight is 322 g/mol. The van der Waals surface area contributed by atoms with Crippen LogP contribution in [0.25, 0.3) is 0 Å². The van der Waals surface area contributed by atoms with E-state index in [0.717, 1.165) is 10.5 Å². The van der Waals surface area contributed by atoms with E-state index in [1.807, 2.05) is 31.2 Å². The summed E-state index contributed by atoms with van der Waals surface area (Å²) in [6, 6.07) is 7.94. The minimum Gasteiger partial charge on any atom is -0.381 e. The maximum Gasteiger partial charge on any atom is 0.230 e. The van der Waals surface area contributed by atoms with Gasteiger partial charge in [0.1, 0.15) is 0 Å². The van der Waals surface area contributed by atoms with Gasteiger partial charge in [-0.25, -0.2) is 0 Å². The van der Waals surface area contributed by atoms with Gasteiger partial charge < -0.3 is 15.8 Å². The molecule has 1 heterocycles. The van der Waals surface area contributed by atoms with Crippen LogP contribution < -0.4 is 11.1 Å². The fourth-order valence-electron chi connectivity index (χ4n) is 2.45. The van der Waals surface area contributed by atoms with E-state index in [1.165, 1.54) is 11.8 Å². The third-order valence-corrected chi connectivity index (χ3v) is 5.22. The largest absolute Gasteiger partial charge is 0.381 e. The van der Waals surface area contributed by atoms with Crippen molar-refractivity contribution in [3.05, 3.63) is 29.8 Å². The number of thioether (sulfide) groups is 1. The SMILES string of the molecule is Cc1ccccc1SCC(=O)NCC1(C(N)=O)CCOCC1. The zero-order chi connectivity index (χ0) is 16.0. The lowest BCUT2D eigenvalue weighted by atomic mass is 9.79. The fourth-order valence-corrected chi connectivity index (χ4v) is 3.31. The summed E-state index contributed by atoms with van der Waals surface area (Å²) in [6.45, 7) is 3.33. The number of carbonyl (C=O) groups is 2. The Bertz CT molecular complexity index is 542. The first-order chi connectivity index (χ1) is 10.5. The number of primary amides is 1. The van der Waals surface area contributed by atoms with Gasteiger partial charge in [0.15, 0.2) is 0 Å². The molecule has 0 bridgehead atoms. The van der Waals surface area contributed by atoms with Crippen LogP contribution >= 0.6 is 11.8 Å². The van der Waals surface area contributed by atoms with Crippen molar-refractivity contribution in [2.75, 3.05) is 25.5 Å². The number of aryl methyl sites for hydroxylation is 1. The molecule has 6 heteroatoms. The molecule has 2 rings (SSSR count). The number of rotatable bonds is 6. The van der Waals surface area contributed by atoms with Gasteiger partial charge in [0.05, 0.1) is 11.2 Å². The Kier molecular flexibility index (Phi) is 5.85. The molecule has 0 aliphatic carbocycles. The molecule has 1 aliphatic rings. The summed E-state index contributed by atoms with van der Waals surface area (Å²) in [6.07, 6.45) is 1.13. The summed E-state index contributed by atoms with van der Waals surface area (Å²) < 4.78 is 5.28. The molecule has 5 nitrogen and oxygen atoms in total. The van der Waals surface area contributed by atoms with E-state index in [-0.39, 0.29) is 11.8 Å². The summed E-state index contributed by atoms with van der Waals surface area (Å²) >= 11 is 1.50. The molecule has 1 aromatic carbocycles. The molecule has 0 aromatic heterocycles. The fraction of sp³-hybridized carbons (Fsp3) is 0.500. The lowest BCUT2D eigenvalue weighted by Crippen LogP contribution is -2.49. The van der Waals surface area contributed by atoms with E-state index >= 15 is 0 Å². The maximum absolute atomic E-state index is 12.0. The second-order valence-electron chi connectivity index (χ2n) is 5.59. The van der Waals surface area contributed by atoms with Crippen LogP contribution in [-0.4, -0.2) is 37.3 Å². The molecule has 0 radical (unpaired) electrons. The van der Waals surface area contributed by atoms with Crippen LogP contribution in [-0.2, 0) is 14.3 Å². The van der Waals surface area contributed by atoms with Crippen molar-refractivity contribution in [1.82, 2.24) is 5.32 Å². The molecule has 120 valence electrons. The van der Waals surface area contributed by atoms with Gasteiger partial charge in [0.25, 0.3) is 0 Å². The molecule has 2 amide bonds. The number of benzene rings is 1. The Balaban J connectivity index is 1.84. The van der Waals surface area contributed by atoms with Crippen LogP contribution in [0.2, 0.25) is 0 Å². The summed E-state index contributed by atoms with van der Waals surface area (Å²) in [4.78, 5) is 24.8. The standard InChI is InChI=1S/C16H22N2O3S/c1-12-4-2-3-5-13(12)22-10-14(19)18-11-16(15(17)20)6-8-21-9-7-16/h2-5H,6-11H2,1H3,(H2,17,20)(H,18,19). The number of carbonyl (C=O) groups excluding carboxylic acids is 2. The van der Waals surface area contributed by atoms with Crippen molar-refractivity contribution in [3.8, 4) is 0 Å². The van der Waals surface area contributed by atoms with Crippen molar-refractivity contribution in [1.29, 1.82) is 0 Å². The smallest absolute Gasteiger partial charge is 0.230 e. The molecule has 1 aromatic rings. The Morgan fingerprint density at radius 2 is 2.00 bits per heavy atom. The van der Waals surface area contributed by atoms with Crippen LogP contribution in [0, 0.1) is 12.3 Å². The quantitative estimate of drug-likeness (QED) is 0.778. The normalized spacial score (nSPS) is 17.0. The summed E-state index contributed by atoms with van der Waals surface area (Å²) in [5.74, 6) is -0.112. The summed E-state index contributed by atoms with van der Waals surface area (Å²) in [5, 5.41) is 2.85. The Labute approximate surface area is 135 Å². The van der Waals surface area contributed by atoms with Gasteiger partial charge >= 0.3 is 0 Å². The lowest BCUT2D eigenvalue weighted by molar-refractivity contribution is -0.133. The number of hydrogen-bond acceptors (Lipinski definition) is 4. The first kappa shape index (κ1) is 16.8. The minimum absolute atomic E-state index is 0.0830. The summed E-state index contributed by atoms with van der Waals surface area (Å²) in [7, 11) is 0. The van der Waals surface area contributed by atoms with Gasteiger partial charge in [0.2, 0.25) is 11.8 Å². The molecule has 22 heavy (non-hydrogen) atoms. The maximum atomic E-state index is 12.0. The van der Waals surface area contributed by atoms with Gasteiger partial charge in [-0.15, -0.1) is 11.8 Å². The third-order valence-electron chi connectivity index (χ3n) is 4.05. The number of amides is 2. The monoisotopic (exact) mass is 322 g/mol. The van der Waals surface area contributed by atoms with Gasteiger partial charge in [-0.2, -0.15) is 0 Å². The van der Waals surface area contributed by atoms with Gasteiger partial charge in [0, 0.05) is 24.7 Å². The van der Waals surface area contributed by atoms with E-state index in [9.17, 15) is 9.59 Å². The minimum atomic E-state index is -0.665. The molecule has 0 unspecified atom stereocenters. The number of nitrogens with one attached hydrogen (secondary N) is 1. The van der Waals surface area contributed by atoms with Crippen LogP contribution in [0.4, 0.5) is 0 Å². The topological polar surface area (TPSA) is 81.4 Å².